The predicted octanol–water partition coefficient (Wildman–Crippen LogP) is 5.91. The monoisotopic (exact) mass is 495 g/mol. The molecule has 0 heterocycles. The first-order valence-electron chi connectivity index (χ1n) is 10.3. The molecule has 0 unspecified atom stereocenters. The number of carbonyl (C=O) groups is 1. The number of amides is 1. The highest BCUT2D eigenvalue weighted by molar-refractivity contribution is 6.34. The average molecular weight is 496 g/mol. The molecule has 0 fully saturated rings. The van der Waals surface area contributed by atoms with Crippen molar-refractivity contribution < 1.29 is 23.6 Å². The molecule has 178 valence electrons. The smallest absolute Gasteiger partial charge is 0.271 e. The minimum absolute atomic E-state index is 0.00608. The minimum atomic E-state index is -0.788. The number of rotatable bonds is 9. The molecule has 0 saturated heterocycles. The highest BCUT2D eigenvalue weighted by atomic mass is 35.5. The number of benzene rings is 3. The number of nitriles is 1. The van der Waals surface area contributed by atoms with Crippen LogP contribution in [0.25, 0.3) is 6.08 Å². The summed E-state index contributed by atoms with van der Waals surface area (Å²) in [7, 11) is 0. The van der Waals surface area contributed by atoms with Crippen LogP contribution in [0, 0.1) is 27.3 Å². The lowest BCUT2D eigenvalue weighted by Crippen LogP contribution is -2.14. The van der Waals surface area contributed by atoms with Crippen LogP contribution in [0.4, 0.5) is 15.8 Å². The third-order valence-corrected chi connectivity index (χ3v) is 4.99. The quantitative estimate of drug-likeness (QED) is 0.171. The van der Waals surface area contributed by atoms with Gasteiger partial charge in [-0.2, -0.15) is 5.26 Å². The molecule has 3 aromatic rings. The Balaban J connectivity index is 1.80. The molecule has 35 heavy (non-hydrogen) atoms. The maximum absolute atomic E-state index is 13.1. The van der Waals surface area contributed by atoms with Gasteiger partial charge < -0.3 is 14.8 Å². The first kappa shape index (κ1) is 25.2. The number of hydrogen-bond donors (Lipinski definition) is 1. The van der Waals surface area contributed by atoms with Gasteiger partial charge in [0.25, 0.3) is 11.6 Å². The van der Waals surface area contributed by atoms with Gasteiger partial charge in [-0.15, -0.1) is 0 Å². The number of nitrogens with one attached hydrogen (secondary N) is 1. The summed E-state index contributed by atoms with van der Waals surface area (Å²) in [5, 5.41) is 23.0. The van der Waals surface area contributed by atoms with Crippen LogP contribution < -0.4 is 14.8 Å². The van der Waals surface area contributed by atoms with Crippen molar-refractivity contribution in [2.24, 2.45) is 0 Å². The van der Waals surface area contributed by atoms with Crippen LogP contribution in [0.1, 0.15) is 18.1 Å². The first-order chi connectivity index (χ1) is 16.8. The van der Waals surface area contributed by atoms with Crippen LogP contribution in [0.2, 0.25) is 5.02 Å². The van der Waals surface area contributed by atoms with Gasteiger partial charge in [0.15, 0.2) is 11.5 Å². The summed E-state index contributed by atoms with van der Waals surface area (Å²) in [6.07, 6.45) is 1.34. The van der Waals surface area contributed by atoms with Crippen molar-refractivity contribution in [2.75, 3.05) is 11.9 Å². The van der Waals surface area contributed by atoms with Crippen molar-refractivity contribution in [1.82, 2.24) is 0 Å². The van der Waals surface area contributed by atoms with Gasteiger partial charge in [0.1, 0.15) is 24.1 Å². The van der Waals surface area contributed by atoms with Crippen molar-refractivity contribution in [3.05, 3.63) is 98.3 Å². The molecule has 0 spiro atoms. The van der Waals surface area contributed by atoms with E-state index in [1.807, 2.05) is 6.07 Å². The lowest BCUT2D eigenvalue weighted by atomic mass is 10.1. The molecule has 0 aromatic heterocycles. The van der Waals surface area contributed by atoms with E-state index >= 15 is 0 Å². The SMILES string of the molecule is CCOc1cc(/C=C(\C#N)C(=O)Nc2cc([N+](=O)[O-])ccc2Cl)ccc1OCc1ccc(F)cc1. The predicted molar refractivity (Wildman–Crippen MR) is 129 cm³/mol. The zero-order valence-electron chi connectivity index (χ0n) is 18.5. The van der Waals surface area contributed by atoms with E-state index in [0.717, 1.165) is 11.6 Å². The average Bonchev–Trinajstić information content (AvgIpc) is 2.84. The van der Waals surface area contributed by atoms with E-state index < -0.39 is 10.8 Å². The third-order valence-electron chi connectivity index (χ3n) is 4.66. The number of anilines is 1. The van der Waals surface area contributed by atoms with Gasteiger partial charge >= 0.3 is 0 Å². The lowest BCUT2D eigenvalue weighted by molar-refractivity contribution is -0.384. The van der Waals surface area contributed by atoms with E-state index in [4.69, 9.17) is 21.1 Å². The number of halogens is 2. The van der Waals surface area contributed by atoms with Gasteiger partial charge in [0.2, 0.25) is 0 Å². The number of nitro groups is 1. The molecular formula is C25H19ClFN3O5. The summed E-state index contributed by atoms with van der Waals surface area (Å²) in [4.78, 5) is 23.0. The lowest BCUT2D eigenvalue weighted by Gasteiger charge is -2.13. The molecule has 3 rings (SSSR count). The highest BCUT2D eigenvalue weighted by Gasteiger charge is 2.16. The van der Waals surface area contributed by atoms with Crippen LogP contribution in [-0.4, -0.2) is 17.4 Å². The second kappa shape index (κ2) is 11.6. The molecule has 10 heteroatoms. The fourth-order valence-corrected chi connectivity index (χ4v) is 3.14. The van der Waals surface area contributed by atoms with Crippen LogP contribution >= 0.6 is 11.6 Å². The highest BCUT2D eigenvalue weighted by Crippen LogP contribution is 2.31. The van der Waals surface area contributed by atoms with Crippen LogP contribution in [0.15, 0.2) is 66.2 Å². The summed E-state index contributed by atoms with van der Waals surface area (Å²) in [5.41, 5.74) is 0.742. The van der Waals surface area contributed by atoms with Crippen molar-refractivity contribution in [1.29, 1.82) is 5.26 Å². The number of nitrogens with zero attached hydrogens (tertiary/aromatic N) is 2. The largest absolute Gasteiger partial charge is 0.490 e. The maximum Gasteiger partial charge on any atom is 0.271 e. The van der Waals surface area contributed by atoms with Crippen LogP contribution in [0.5, 0.6) is 11.5 Å². The first-order valence-corrected chi connectivity index (χ1v) is 10.7. The summed E-state index contributed by atoms with van der Waals surface area (Å²) >= 11 is 6.02. The Morgan fingerprint density at radius 3 is 2.54 bits per heavy atom. The molecule has 0 aliphatic carbocycles. The molecule has 0 bridgehead atoms. The molecule has 0 atom stereocenters. The molecule has 0 aliphatic rings. The van der Waals surface area contributed by atoms with Gasteiger partial charge in [0, 0.05) is 12.1 Å². The van der Waals surface area contributed by atoms with E-state index in [0.29, 0.717) is 23.7 Å². The number of ether oxygens (including phenoxy) is 2. The van der Waals surface area contributed by atoms with Crippen molar-refractivity contribution >= 4 is 35.0 Å². The molecule has 0 aliphatic heterocycles. The summed E-state index contributed by atoms with van der Waals surface area (Å²) in [6, 6.07) is 16.2. The fraction of sp³-hybridized carbons (Fsp3) is 0.120. The molecule has 3 aromatic carbocycles. The Morgan fingerprint density at radius 2 is 1.89 bits per heavy atom. The number of carbonyl (C=O) groups excluding carboxylic acids is 1. The van der Waals surface area contributed by atoms with Gasteiger partial charge in [0.05, 0.1) is 22.2 Å². The molecule has 0 radical (unpaired) electrons. The second-order valence-corrected chi connectivity index (χ2v) is 7.51. The van der Waals surface area contributed by atoms with Crippen molar-refractivity contribution in [2.45, 2.75) is 13.5 Å². The Kier molecular flexibility index (Phi) is 8.38. The van der Waals surface area contributed by atoms with E-state index in [2.05, 4.69) is 5.32 Å². The van der Waals surface area contributed by atoms with Crippen molar-refractivity contribution in [3.63, 3.8) is 0 Å². The Morgan fingerprint density at radius 1 is 1.14 bits per heavy atom. The number of nitro benzene ring substituents is 1. The normalized spacial score (nSPS) is 10.9. The van der Waals surface area contributed by atoms with Crippen LogP contribution in [0.3, 0.4) is 0 Å². The second-order valence-electron chi connectivity index (χ2n) is 7.10. The maximum atomic E-state index is 13.1. The Bertz CT molecular complexity index is 1320. The zero-order valence-corrected chi connectivity index (χ0v) is 19.2. The van der Waals surface area contributed by atoms with Crippen molar-refractivity contribution in [3.8, 4) is 17.6 Å². The Labute approximate surface area is 205 Å². The van der Waals surface area contributed by atoms with E-state index in [1.54, 1.807) is 37.3 Å². The topological polar surface area (TPSA) is 114 Å². The van der Waals surface area contributed by atoms with E-state index in [-0.39, 0.29) is 34.4 Å². The van der Waals surface area contributed by atoms with E-state index in [9.17, 15) is 24.6 Å². The molecule has 0 saturated carbocycles. The number of hydrogen-bond acceptors (Lipinski definition) is 6. The zero-order chi connectivity index (χ0) is 25.4. The third kappa shape index (κ3) is 6.79. The molecular weight excluding hydrogens is 477 g/mol. The van der Waals surface area contributed by atoms with Crippen LogP contribution in [-0.2, 0) is 11.4 Å². The molecule has 1 N–H and O–H groups in total. The minimum Gasteiger partial charge on any atom is -0.490 e. The van der Waals surface area contributed by atoms with E-state index in [1.165, 1.54) is 30.3 Å². The fourth-order valence-electron chi connectivity index (χ4n) is 2.97. The summed E-state index contributed by atoms with van der Waals surface area (Å²) in [5.74, 6) is -0.308. The molecule has 8 nitrogen and oxygen atoms in total. The number of non-ortho nitro benzene ring substituents is 1. The summed E-state index contributed by atoms with van der Waals surface area (Å²) in [6.45, 7) is 2.32. The van der Waals surface area contributed by atoms with Gasteiger partial charge in [-0.1, -0.05) is 29.8 Å². The van der Waals surface area contributed by atoms with Gasteiger partial charge in [-0.3, -0.25) is 14.9 Å². The van der Waals surface area contributed by atoms with Gasteiger partial charge in [-0.05, 0) is 54.5 Å². The molecule has 1 amide bonds. The standard InChI is InChI=1S/C25H19ClFN3O5/c1-2-34-24-12-17(5-10-23(24)35-15-16-3-6-19(27)7-4-16)11-18(14-28)25(31)29-22-13-20(30(32)33)8-9-21(22)26/h3-13H,2,15H2,1H3,(H,29,31)/b18-11+. The Hall–Kier alpha value is -4.42. The van der Waals surface area contributed by atoms with Gasteiger partial charge in [-0.25, -0.2) is 4.39 Å². The summed E-state index contributed by atoms with van der Waals surface area (Å²) < 4.78 is 24.5.